The fourth-order valence-electron chi connectivity index (χ4n) is 5.76. The van der Waals surface area contributed by atoms with Gasteiger partial charge in [0, 0.05) is 61.7 Å². The molecule has 0 saturated carbocycles. The Morgan fingerprint density at radius 3 is 1.42 bits per heavy atom. The molecular formula is C30H30N4O4. The number of hydroxylamine groups is 4. The van der Waals surface area contributed by atoms with Crippen LogP contribution in [0.25, 0.3) is 21.5 Å². The Bertz CT molecular complexity index is 1340. The third-order valence-corrected chi connectivity index (χ3v) is 7.78. The van der Waals surface area contributed by atoms with E-state index in [0.29, 0.717) is 38.0 Å². The zero-order valence-electron chi connectivity index (χ0n) is 21.2. The van der Waals surface area contributed by atoms with Crippen LogP contribution in [-0.2, 0) is 19.3 Å². The standard InChI is InChI=1S/C30H30N4O4/c35-29(37-33-13-9-21(10-14-33)27-19-31-17-23-5-1-3-7-25(23)27)30(36)38-34-15-11-22(12-16-34)28-20-32-18-24-6-2-4-8-26(24)28/h1-8,17-22H,9-16H2. The van der Waals surface area contributed by atoms with Gasteiger partial charge in [0.25, 0.3) is 0 Å². The van der Waals surface area contributed by atoms with Crippen LogP contribution in [0.5, 0.6) is 0 Å². The lowest BCUT2D eigenvalue weighted by Gasteiger charge is -2.32. The molecule has 38 heavy (non-hydrogen) atoms. The van der Waals surface area contributed by atoms with Crippen LogP contribution in [0, 0.1) is 0 Å². The van der Waals surface area contributed by atoms with Gasteiger partial charge in [-0.3, -0.25) is 9.97 Å². The molecule has 2 aromatic heterocycles. The summed E-state index contributed by atoms with van der Waals surface area (Å²) in [5.74, 6) is -1.30. The molecule has 2 fully saturated rings. The monoisotopic (exact) mass is 510 g/mol. The molecule has 0 radical (unpaired) electrons. The molecule has 2 aliphatic rings. The Morgan fingerprint density at radius 1 is 0.605 bits per heavy atom. The third-order valence-electron chi connectivity index (χ3n) is 7.78. The predicted octanol–water partition coefficient (Wildman–Crippen LogP) is 4.76. The van der Waals surface area contributed by atoms with Crippen molar-refractivity contribution in [2.75, 3.05) is 26.2 Å². The number of aromatic nitrogens is 2. The topological polar surface area (TPSA) is 84.9 Å². The number of benzene rings is 2. The van der Waals surface area contributed by atoms with Crippen molar-refractivity contribution in [3.8, 4) is 0 Å². The van der Waals surface area contributed by atoms with Gasteiger partial charge in [0.1, 0.15) is 0 Å². The van der Waals surface area contributed by atoms with Gasteiger partial charge in [-0.25, -0.2) is 9.59 Å². The van der Waals surface area contributed by atoms with Crippen molar-refractivity contribution in [2.24, 2.45) is 0 Å². The highest BCUT2D eigenvalue weighted by molar-refractivity contribution is 6.29. The van der Waals surface area contributed by atoms with Crippen LogP contribution in [0.4, 0.5) is 0 Å². The van der Waals surface area contributed by atoms with E-state index in [1.165, 1.54) is 21.9 Å². The van der Waals surface area contributed by atoms with Crippen LogP contribution in [0.1, 0.15) is 48.6 Å². The summed E-state index contributed by atoms with van der Waals surface area (Å²) in [4.78, 5) is 44.5. The van der Waals surface area contributed by atoms with Crippen LogP contribution in [-0.4, -0.2) is 58.2 Å². The molecule has 4 heterocycles. The van der Waals surface area contributed by atoms with Gasteiger partial charge in [-0.15, -0.1) is 10.1 Å². The second-order valence-corrected chi connectivity index (χ2v) is 10.1. The number of pyridine rings is 2. The van der Waals surface area contributed by atoms with E-state index in [9.17, 15) is 9.59 Å². The number of carbonyl (C=O) groups excluding carboxylic acids is 2. The first-order valence-electron chi connectivity index (χ1n) is 13.2. The molecule has 0 bridgehead atoms. The highest BCUT2D eigenvalue weighted by Gasteiger charge is 2.30. The first kappa shape index (κ1) is 24.5. The summed E-state index contributed by atoms with van der Waals surface area (Å²) >= 11 is 0. The summed E-state index contributed by atoms with van der Waals surface area (Å²) in [6, 6.07) is 16.5. The van der Waals surface area contributed by atoms with Gasteiger partial charge in [0.05, 0.1) is 0 Å². The molecule has 194 valence electrons. The van der Waals surface area contributed by atoms with E-state index in [1.807, 2.05) is 49.1 Å². The quantitative estimate of drug-likeness (QED) is 0.364. The molecule has 2 saturated heterocycles. The van der Waals surface area contributed by atoms with Gasteiger partial charge in [0.15, 0.2) is 0 Å². The molecule has 2 aliphatic heterocycles. The van der Waals surface area contributed by atoms with Crippen LogP contribution in [0.3, 0.4) is 0 Å². The summed E-state index contributed by atoms with van der Waals surface area (Å²) in [5, 5.41) is 7.81. The van der Waals surface area contributed by atoms with E-state index in [0.717, 1.165) is 36.5 Å². The Balaban J connectivity index is 0.984. The minimum atomic E-state index is -0.976. The second-order valence-electron chi connectivity index (χ2n) is 10.1. The number of fused-ring (bicyclic) bond motifs is 2. The number of piperidine rings is 2. The average Bonchev–Trinajstić information content (AvgIpc) is 2.97. The lowest BCUT2D eigenvalue weighted by Crippen LogP contribution is -2.41. The molecule has 8 heteroatoms. The summed E-state index contributed by atoms with van der Waals surface area (Å²) in [6.07, 6.45) is 10.9. The number of carbonyl (C=O) groups is 2. The summed E-state index contributed by atoms with van der Waals surface area (Å²) in [5.41, 5.74) is 2.44. The van der Waals surface area contributed by atoms with Gasteiger partial charge in [-0.2, -0.15) is 0 Å². The second kappa shape index (κ2) is 10.8. The van der Waals surface area contributed by atoms with Crippen LogP contribution < -0.4 is 0 Å². The predicted molar refractivity (Wildman–Crippen MR) is 143 cm³/mol. The largest absolute Gasteiger partial charge is 0.438 e. The fraction of sp³-hybridized carbons (Fsp3) is 0.333. The van der Waals surface area contributed by atoms with E-state index in [1.54, 1.807) is 10.1 Å². The lowest BCUT2D eigenvalue weighted by molar-refractivity contribution is -0.222. The average molecular weight is 511 g/mol. The minimum Gasteiger partial charge on any atom is -0.359 e. The maximum Gasteiger partial charge on any atom is 0.438 e. The molecule has 0 unspecified atom stereocenters. The Morgan fingerprint density at radius 2 is 1.00 bits per heavy atom. The molecular weight excluding hydrogens is 480 g/mol. The third kappa shape index (κ3) is 5.10. The SMILES string of the molecule is O=C(ON1CCC(c2cncc3ccccc23)CC1)C(=O)ON1CCC(c2cncc3ccccc23)CC1. The molecule has 0 N–H and O–H groups in total. The molecule has 4 aromatic rings. The maximum absolute atomic E-state index is 12.5. The van der Waals surface area contributed by atoms with Crippen molar-refractivity contribution in [3.63, 3.8) is 0 Å². The molecule has 0 atom stereocenters. The van der Waals surface area contributed by atoms with Crippen molar-refractivity contribution in [1.82, 2.24) is 20.1 Å². The highest BCUT2D eigenvalue weighted by Crippen LogP contribution is 2.34. The van der Waals surface area contributed by atoms with Crippen LogP contribution in [0.2, 0.25) is 0 Å². The van der Waals surface area contributed by atoms with E-state index >= 15 is 0 Å². The number of hydrogen-bond donors (Lipinski definition) is 0. The zero-order chi connectivity index (χ0) is 25.9. The molecule has 0 amide bonds. The van der Waals surface area contributed by atoms with Gasteiger partial charge in [0.2, 0.25) is 0 Å². The summed E-state index contributed by atoms with van der Waals surface area (Å²) < 4.78 is 0. The summed E-state index contributed by atoms with van der Waals surface area (Å²) in [7, 11) is 0. The van der Waals surface area contributed by atoms with Crippen molar-refractivity contribution in [2.45, 2.75) is 37.5 Å². The van der Waals surface area contributed by atoms with E-state index in [-0.39, 0.29) is 0 Å². The first-order valence-corrected chi connectivity index (χ1v) is 13.2. The van der Waals surface area contributed by atoms with Crippen molar-refractivity contribution >= 4 is 33.5 Å². The van der Waals surface area contributed by atoms with Crippen LogP contribution in [0.15, 0.2) is 73.3 Å². The highest BCUT2D eigenvalue weighted by atomic mass is 16.8. The van der Waals surface area contributed by atoms with Crippen molar-refractivity contribution in [3.05, 3.63) is 84.4 Å². The van der Waals surface area contributed by atoms with Gasteiger partial charge in [-0.05, 0) is 59.4 Å². The van der Waals surface area contributed by atoms with E-state index in [4.69, 9.17) is 9.68 Å². The fourth-order valence-corrected chi connectivity index (χ4v) is 5.76. The van der Waals surface area contributed by atoms with E-state index in [2.05, 4.69) is 34.2 Å². The van der Waals surface area contributed by atoms with Gasteiger partial charge < -0.3 is 9.68 Å². The lowest BCUT2D eigenvalue weighted by atomic mass is 9.88. The molecule has 0 aliphatic carbocycles. The van der Waals surface area contributed by atoms with Gasteiger partial charge in [-0.1, -0.05) is 48.5 Å². The normalized spacial score (nSPS) is 18.0. The maximum atomic E-state index is 12.5. The number of hydrogen-bond acceptors (Lipinski definition) is 8. The first-order chi connectivity index (χ1) is 18.7. The molecule has 8 nitrogen and oxygen atoms in total. The zero-order valence-corrected chi connectivity index (χ0v) is 21.2. The molecule has 0 spiro atoms. The minimum absolute atomic E-state index is 0.328. The van der Waals surface area contributed by atoms with E-state index < -0.39 is 11.9 Å². The number of nitrogens with zero attached hydrogens (tertiary/aromatic N) is 4. The smallest absolute Gasteiger partial charge is 0.359 e. The Kier molecular flexibility index (Phi) is 6.98. The number of rotatable bonds is 4. The Labute approximate surface area is 221 Å². The van der Waals surface area contributed by atoms with Crippen molar-refractivity contribution < 1.29 is 19.3 Å². The molecule has 6 rings (SSSR count). The summed E-state index contributed by atoms with van der Waals surface area (Å²) in [6.45, 7) is 2.21. The molecule has 2 aromatic carbocycles. The van der Waals surface area contributed by atoms with Crippen molar-refractivity contribution in [1.29, 1.82) is 0 Å². The van der Waals surface area contributed by atoms with Gasteiger partial charge >= 0.3 is 11.9 Å². The van der Waals surface area contributed by atoms with Crippen LogP contribution >= 0.6 is 0 Å². The Hall–Kier alpha value is -3.88.